The molecule has 2 heterocycles. The molecule has 0 atom stereocenters. The molecule has 0 bridgehead atoms. The smallest absolute Gasteiger partial charge is 0.274 e. The van der Waals surface area contributed by atoms with Crippen molar-refractivity contribution in [3.05, 3.63) is 99.7 Å². The lowest BCUT2D eigenvalue weighted by Crippen LogP contribution is -2.46. The Kier molecular flexibility index (Phi) is 6.42. The van der Waals surface area contributed by atoms with Gasteiger partial charge in [-0.1, -0.05) is 35.9 Å². The van der Waals surface area contributed by atoms with E-state index in [9.17, 15) is 9.59 Å². The van der Waals surface area contributed by atoms with Crippen LogP contribution in [0.5, 0.6) is 5.75 Å². The number of hydrogen-bond acceptors (Lipinski definition) is 5. The van der Waals surface area contributed by atoms with Gasteiger partial charge in [0.1, 0.15) is 5.75 Å². The highest BCUT2D eigenvalue weighted by Gasteiger charge is 2.30. The van der Waals surface area contributed by atoms with Crippen molar-refractivity contribution < 1.29 is 9.53 Å². The molecule has 168 valence electrons. The molecule has 0 aliphatic heterocycles. The summed E-state index contributed by atoms with van der Waals surface area (Å²) in [5.41, 5.74) is 0.115. The third kappa shape index (κ3) is 5.21. The number of ether oxygens (including phenoxy) is 1. The van der Waals surface area contributed by atoms with E-state index in [0.29, 0.717) is 27.2 Å². The summed E-state index contributed by atoms with van der Waals surface area (Å²) in [5, 5.41) is 9.27. The Hall–Kier alpha value is -3.71. The number of pyridine rings is 1. The number of carbonyl (C=O) groups is 1. The molecule has 0 fully saturated rings. The second-order valence-corrected chi connectivity index (χ2v) is 8.50. The van der Waals surface area contributed by atoms with Crippen molar-refractivity contribution in [3.63, 3.8) is 0 Å². The SMILES string of the molecule is CC(C)(Oc1ccc(Cl)cc1)C(=O)NCc1nn(Cc2cccnc2)c(=O)c2ccccc12. The van der Waals surface area contributed by atoms with Crippen LogP contribution in [0.4, 0.5) is 0 Å². The normalized spacial score (nSPS) is 11.4. The van der Waals surface area contributed by atoms with Crippen LogP contribution < -0.4 is 15.6 Å². The fourth-order valence-corrected chi connectivity index (χ4v) is 3.55. The zero-order valence-electron chi connectivity index (χ0n) is 18.3. The van der Waals surface area contributed by atoms with Crippen LogP contribution in [0.25, 0.3) is 10.8 Å². The topological polar surface area (TPSA) is 86.1 Å². The average Bonchev–Trinajstić information content (AvgIpc) is 2.82. The summed E-state index contributed by atoms with van der Waals surface area (Å²) in [5.74, 6) is 0.224. The van der Waals surface area contributed by atoms with Gasteiger partial charge in [0.05, 0.1) is 24.2 Å². The molecule has 4 aromatic rings. The van der Waals surface area contributed by atoms with Gasteiger partial charge < -0.3 is 10.1 Å². The van der Waals surface area contributed by atoms with E-state index < -0.39 is 5.60 Å². The molecule has 0 saturated heterocycles. The summed E-state index contributed by atoms with van der Waals surface area (Å²) < 4.78 is 7.26. The molecule has 0 aliphatic carbocycles. The minimum atomic E-state index is -1.13. The zero-order valence-corrected chi connectivity index (χ0v) is 19.0. The summed E-state index contributed by atoms with van der Waals surface area (Å²) in [4.78, 5) is 30.0. The van der Waals surface area contributed by atoms with Crippen LogP contribution in [0.15, 0.2) is 77.9 Å². The Morgan fingerprint density at radius 2 is 1.79 bits per heavy atom. The third-order valence-electron chi connectivity index (χ3n) is 5.15. The van der Waals surface area contributed by atoms with Gasteiger partial charge in [-0.05, 0) is 55.8 Å². The lowest BCUT2D eigenvalue weighted by Gasteiger charge is -2.25. The molecule has 1 N–H and O–H groups in total. The van der Waals surface area contributed by atoms with Gasteiger partial charge in [0.2, 0.25) is 0 Å². The van der Waals surface area contributed by atoms with Crippen LogP contribution in [0.3, 0.4) is 0 Å². The molecule has 33 heavy (non-hydrogen) atoms. The van der Waals surface area contributed by atoms with E-state index in [1.165, 1.54) is 4.68 Å². The van der Waals surface area contributed by atoms with Gasteiger partial charge in [0, 0.05) is 22.8 Å². The number of carbonyl (C=O) groups excluding carboxylic acids is 1. The van der Waals surface area contributed by atoms with Crippen LogP contribution in [-0.2, 0) is 17.9 Å². The highest BCUT2D eigenvalue weighted by Crippen LogP contribution is 2.21. The van der Waals surface area contributed by atoms with Gasteiger partial charge in [-0.3, -0.25) is 14.6 Å². The van der Waals surface area contributed by atoms with Gasteiger partial charge >= 0.3 is 0 Å². The maximum absolute atomic E-state index is 13.0. The average molecular weight is 463 g/mol. The van der Waals surface area contributed by atoms with E-state index in [4.69, 9.17) is 16.3 Å². The number of hydrogen-bond donors (Lipinski definition) is 1. The Balaban J connectivity index is 1.57. The fourth-order valence-electron chi connectivity index (χ4n) is 3.43. The summed E-state index contributed by atoms with van der Waals surface area (Å²) in [7, 11) is 0. The molecule has 1 amide bonds. The molecule has 0 saturated carbocycles. The second-order valence-electron chi connectivity index (χ2n) is 8.07. The van der Waals surface area contributed by atoms with Crippen molar-refractivity contribution in [2.24, 2.45) is 0 Å². The van der Waals surface area contributed by atoms with E-state index in [1.807, 2.05) is 30.3 Å². The fraction of sp³-hybridized carbons (Fsp3) is 0.200. The Labute approximate surface area is 196 Å². The van der Waals surface area contributed by atoms with Crippen molar-refractivity contribution >= 4 is 28.3 Å². The minimum absolute atomic E-state index is 0.139. The largest absolute Gasteiger partial charge is 0.478 e. The van der Waals surface area contributed by atoms with Crippen LogP contribution in [-0.4, -0.2) is 26.3 Å². The third-order valence-corrected chi connectivity index (χ3v) is 5.40. The maximum atomic E-state index is 13.0. The van der Waals surface area contributed by atoms with Gasteiger partial charge in [-0.15, -0.1) is 0 Å². The molecular formula is C25H23ClN4O3. The standard InChI is InChI=1S/C25H23ClN4O3/c1-25(2,33-19-11-9-18(26)10-12-19)24(32)28-15-22-20-7-3-4-8-21(20)23(31)30(29-22)16-17-6-5-13-27-14-17/h3-14H,15-16H2,1-2H3,(H,28,32). The summed E-state index contributed by atoms with van der Waals surface area (Å²) in [6.45, 7) is 3.79. The molecular weight excluding hydrogens is 440 g/mol. The molecule has 0 radical (unpaired) electrons. The zero-order chi connectivity index (χ0) is 23.4. The first-order valence-corrected chi connectivity index (χ1v) is 10.8. The first-order valence-electron chi connectivity index (χ1n) is 10.4. The summed E-state index contributed by atoms with van der Waals surface area (Å²) in [6.07, 6.45) is 3.37. The first kappa shape index (κ1) is 22.5. The van der Waals surface area contributed by atoms with Crippen molar-refractivity contribution in [2.45, 2.75) is 32.5 Å². The number of amides is 1. The molecule has 8 heteroatoms. The molecule has 4 rings (SSSR count). The molecule has 2 aromatic carbocycles. The lowest BCUT2D eigenvalue weighted by molar-refractivity contribution is -0.134. The monoisotopic (exact) mass is 462 g/mol. The van der Waals surface area contributed by atoms with Crippen LogP contribution in [0, 0.1) is 0 Å². The van der Waals surface area contributed by atoms with Crippen molar-refractivity contribution in [2.75, 3.05) is 0 Å². The molecule has 0 unspecified atom stereocenters. The first-order chi connectivity index (χ1) is 15.8. The van der Waals surface area contributed by atoms with E-state index in [-0.39, 0.29) is 24.6 Å². The van der Waals surface area contributed by atoms with Crippen molar-refractivity contribution in [1.82, 2.24) is 20.1 Å². The van der Waals surface area contributed by atoms with Gasteiger partial charge in [0.15, 0.2) is 5.60 Å². The van der Waals surface area contributed by atoms with E-state index in [0.717, 1.165) is 5.56 Å². The summed E-state index contributed by atoms with van der Waals surface area (Å²) >= 11 is 5.92. The van der Waals surface area contributed by atoms with Gasteiger partial charge in [0.25, 0.3) is 11.5 Å². The highest BCUT2D eigenvalue weighted by molar-refractivity contribution is 6.30. The van der Waals surface area contributed by atoms with E-state index >= 15 is 0 Å². The number of aromatic nitrogens is 3. The number of fused-ring (bicyclic) bond motifs is 1. The Bertz CT molecular complexity index is 1340. The summed E-state index contributed by atoms with van der Waals surface area (Å²) in [6, 6.07) is 17.8. The molecule has 0 spiro atoms. The molecule has 2 aromatic heterocycles. The van der Waals surface area contributed by atoms with E-state index in [1.54, 1.807) is 56.6 Å². The number of benzene rings is 2. The van der Waals surface area contributed by atoms with Crippen LogP contribution in [0.2, 0.25) is 5.02 Å². The molecule has 7 nitrogen and oxygen atoms in total. The Morgan fingerprint density at radius 1 is 1.06 bits per heavy atom. The predicted octanol–water partition coefficient (Wildman–Crippen LogP) is 3.97. The quantitative estimate of drug-likeness (QED) is 0.449. The second kappa shape index (κ2) is 9.42. The van der Waals surface area contributed by atoms with E-state index in [2.05, 4.69) is 15.4 Å². The minimum Gasteiger partial charge on any atom is -0.478 e. The van der Waals surface area contributed by atoms with Crippen LogP contribution in [0.1, 0.15) is 25.1 Å². The van der Waals surface area contributed by atoms with Crippen molar-refractivity contribution in [1.29, 1.82) is 0 Å². The lowest BCUT2D eigenvalue weighted by atomic mass is 10.1. The van der Waals surface area contributed by atoms with Crippen LogP contribution >= 0.6 is 11.6 Å². The highest BCUT2D eigenvalue weighted by atomic mass is 35.5. The number of nitrogens with zero attached hydrogens (tertiary/aromatic N) is 3. The van der Waals surface area contributed by atoms with Gasteiger partial charge in [-0.2, -0.15) is 5.10 Å². The Morgan fingerprint density at radius 3 is 2.48 bits per heavy atom. The number of rotatable bonds is 7. The predicted molar refractivity (Wildman–Crippen MR) is 127 cm³/mol. The maximum Gasteiger partial charge on any atom is 0.274 e. The van der Waals surface area contributed by atoms with Crippen molar-refractivity contribution in [3.8, 4) is 5.75 Å². The number of halogens is 1. The van der Waals surface area contributed by atoms with Gasteiger partial charge in [-0.25, -0.2) is 4.68 Å². The molecule has 0 aliphatic rings. The number of nitrogens with one attached hydrogen (secondary N) is 1.